The van der Waals surface area contributed by atoms with Crippen LogP contribution in [0.1, 0.15) is 16.7 Å². The third-order valence-corrected chi connectivity index (χ3v) is 3.71. The van der Waals surface area contributed by atoms with E-state index in [1.54, 1.807) is 31.2 Å². The molecule has 0 radical (unpaired) electrons. The Hall–Kier alpha value is -1.92. The van der Waals surface area contributed by atoms with E-state index < -0.39 is 4.92 Å². The summed E-state index contributed by atoms with van der Waals surface area (Å²) in [5.74, 6) is 0.971. The SMILES string of the molecule is Cc1cc(C)c([N+](=O)[O-])cc1Oc1ccc(CO)cc1Br. The van der Waals surface area contributed by atoms with E-state index in [4.69, 9.17) is 9.84 Å². The van der Waals surface area contributed by atoms with Crippen LogP contribution in [0.5, 0.6) is 11.5 Å². The van der Waals surface area contributed by atoms with Crippen molar-refractivity contribution in [1.29, 1.82) is 0 Å². The number of nitro groups is 1. The monoisotopic (exact) mass is 351 g/mol. The van der Waals surface area contributed by atoms with Gasteiger partial charge in [-0.15, -0.1) is 0 Å². The first-order chi connectivity index (χ1) is 9.92. The topological polar surface area (TPSA) is 72.6 Å². The summed E-state index contributed by atoms with van der Waals surface area (Å²) < 4.78 is 6.43. The molecule has 0 unspecified atom stereocenters. The minimum Gasteiger partial charge on any atom is -0.456 e. The van der Waals surface area contributed by atoms with E-state index >= 15 is 0 Å². The summed E-state index contributed by atoms with van der Waals surface area (Å²) in [5.41, 5.74) is 2.19. The van der Waals surface area contributed by atoms with Gasteiger partial charge in [-0.3, -0.25) is 10.1 Å². The largest absolute Gasteiger partial charge is 0.456 e. The van der Waals surface area contributed by atoms with Gasteiger partial charge in [-0.1, -0.05) is 6.07 Å². The second-order valence-corrected chi connectivity index (χ2v) is 5.54. The first-order valence-corrected chi connectivity index (χ1v) is 7.04. The Morgan fingerprint density at radius 1 is 1.19 bits per heavy atom. The Bertz CT molecular complexity index is 700. The van der Waals surface area contributed by atoms with Gasteiger partial charge < -0.3 is 9.84 Å². The molecule has 0 aliphatic carbocycles. The highest BCUT2D eigenvalue weighted by atomic mass is 79.9. The van der Waals surface area contributed by atoms with Gasteiger partial charge in [-0.25, -0.2) is 0 Å². The fraction of sp³-hybridized carbons (Fsp3) is 0.200. The van der Waals surface area contributed by atoms with Crippen molar-refractivity contribution in [3.8, 4) is 11.5 Å². The summed E-state index contributed by atoms with van der Waals surface area (Å²) in [6.45, 7) is 3.47. The molecule has 0 aliphatic rings. The van der Waals surface area contributed by atoms with Crippen molar-refractivity contribution in [2.75, 3.05) is 0 Å². The van der Waals surface area contributed by atoms with E-state index in [-0.39, 0.29) is 12.3 Å². The van der Waals surface area contributed by atoms with Crippen molar-refractivity contribution in [3.63, 3.8) is 0 Å². The molecule has 0 amide bonds. The molecule has 0 saturated carbocycles. The Kier molecular flexibility index (Phi) is 4.59. The van der Waals surface area contributed by atoms with Crippen molar-refractivity contribution < 1.29 is 14.8 Å². The molecule has 110 valence electrons. The summed E-state index contributed by atoms with van der Waals surface area (Å²) in [5, 5.41) is 20.1. The molecule has 0 fully saturated rings. The number of ether oxygens (including phenoxy) is 1. The van der Waals surface area contributed by atoms with Crippen LogP contribution in [-0.4, -0.2) is 10.0 Å². The average Bonchev–Trinajstić information content (AvgIpc) is 2.43. The molecule has 0 saturated heterocycles. The second kappa shape index (κ2) is 6.24. The number of aliphatic hydroxyl groups is 1. The Labute approximate surface area is 130 Å². The van der Waals surface area contributed by atoms with Crippen LogP contribution in [0.2, 0.25) is 0 Å². The van der Waals surface area contributed by atoms with Gasteiger partial charge in [0.25, 0.3) is 5.69 Å². The maximum atomic E-state index is 11.0. The first-order valence-electron chi connectivity index (χ1n) is 6.25. The molecule has 21 heavy (non-hydrogen) atoms. The molecule has 0 spiro atoms. The Balaban J connectivity index is 2.39. The van der Waals surface area contributed by atoms with Gasteiger partial charge in [0.15, 0.2) is 0 Å². The van der Waals surface area contributed by atoms with Crippen molar-refractivity contribution in [3.05, 3.63) is 61.6 Å². The Morgan fingerprint density at radius 3 is 2.48 bits per heavy atom. The molecule has 0 atom stereocenters. The highest BCUT2D eigenvalue weighted by Crippen LogP contribution is 2.35. The zero-order chi connectivity index (χ0) is 15.6. The Morgan fingerprint density at radius 2 is 1.90 bits per heavy atom. The molecule has 0 heterocycles. The number of rotatable bonds is 4. The van der Waals surface area contributed by atoms with E-state index in [0.29, 0.717) is 21.5 Å². The van der Waals surface area contributed by atoms with Gasteiger partial charge in [0, 0.05) is 5.56 Å². The maximum absolute atomic E-state index is 11.0. The van der Waals surface area contributed by atoms with Crippen molar-refractivity contribution in [1.82, 2.24) is 0 Å². The van der Waals surface area contributed by atoms with E-state index in [1.807, 2.05) is 6.92 Å². The van der Waals surface area contributed by atoms with E-state index in [2.05, 4.69) is 15.9 Å². The smallest absolute Gasteiger partial charge is 0.276 e. The lowest BCUT2D eigenvalue weighted by Crippen LogP contribution is -1.96. The minimum absolute atomic E-state index is 0.0266. The normalized spacial score (nSPS) is 10.5. The van der Waals surface area contributed by atoms with Gasteiger partial charge >= 0.3 is 0 Å². The molecule has 5 nitrogen and oxygen atoms in total. The van der Waals surface area contributed by atoms with Crippen LogP contribution in [0, 0.1) is 24.0 Å². The van der Waals surface area contributed by atoms with E-state index in [9.17, 15) is 10.1 Å². The lowest BCUT2D eigenvalue weighted by Gasteiger charge is -2.12. The van der Waals surface area contributed by atoms with Crippen molar-refractivity contribution in [2.24, 2.45) is 0 Å². The van der Waals surface area contributed by atoms with Crippen LogP contribution >= 0.6 is 15.9 Å². The number of aliphatic hydroxyl groups excluding tert-OH is 1. The lowest BCUT2D eigenvalue weighted by atomic mass is 10.1. The second-order valence-electron chi connectivity index (χ2n) is 4.69. The van der Waals surface area contributed by atoms with Gasteiger partial charge in [0.05, 0.1) is 22.1 Å². The van der Waals surface area contributed by atoms with Gasteiger partial charge in [0.2, 0.25) is 0 Å². The minimum atomic E-state index is -0.425. The number of halogens is 1. The predicted octanol–water partition coefficient (Wildman–Crippen LogP) is 4.26. The van der Waals surface area contributed by atoms with Crippen LogP contribution in [0.4, 0.5) is 5.69 Å². The summed E-state index contributed by atoms with van der Waals surface area (Å²) in [6, 6.07) is 8.34. The standard InChI is InChI=1S/C15H14BrNO4/c1-9-5-10(2)15(7-13(9)17(19)20)21-14-4-3-11(8-18)6-12(14)16/h3-7,18H,8H2,1-2H3. The van der Waals surface area contributed by atoms with Crippen molar-refractivity contribution in [2.45, 2.75) is 20.5 Å². The van der Waals surface area contributed by atoms with Crippen LogP contribution in [0.3, 0.4) is 0 Å². The predicted molar refractivity (Wildman–Crippen MR) is 82.7 cm³/mol. The molecule has 2 aromatic rings. The van der Waals surface area contributed by atoms with E-state index in [0.717, 1.165) is 11.1 Å². The highest BCUT2D eigenvalue weighted by Gasteiger charge is 2.15. The fourth-order valence-corrected chi connectivity index (χ4v) is 2.48. The fourth-order valence-electron chi connectivity index (χ4n) is 1.97. The third-order valence-electron chi connectivity index (χ3n) is 3.09. The molecule has 0 aromatic heterocycles. The molecular weight excluding hydrogens is 338 g/mol. The first kappa shape index (κ1) is 15.5. The van der Waals surface area contributed by atoms with Gasteiger partial charge in [-0.05, 0) is 59.1 Å². The number of hydrogen-bond donors (Lipinski definition) is 1. The number of nitro benzene ring substituents is 1. The molecule has 1 N–H and O–H groups in total. The van der Waals surface area contributed by atoms with Crippen LogP contribution in [0.15, 0.2) is 34.8 Å². The quantitative estimate of drug-likeness (QED) is 0.659. The maximum Gasteiger partial charge on any atom is 0.276 e. The van der Waals surface area contributed by atoms with Crippen LogP contribution in [-0.2, 0) is 6.61 Å². The summed E-state index contributed by atoms with van der Waals surface area (Å²) >= 11 is 3.36. The molecule has 0 bridgehead atoms. The average molecular weight is 352 g/mol. The van der Waals surface area contributed by atoms with Crippen LogP contribution < -0.4 is 4.74 Å². The zero-order valence-electron chi connectivity index (χ0n) is 11.6. The summed E-state index contributed by atoms with van der Waals surface area (Å²) in [4.78, 5) is 10.6. The summed E-state index contributed by atoms with van der Waals surface area (Å²) in [7, 11) is 0. The molecule has 2 rings (SSSR count). The molecule has 6 heteroatoms. The summed E-state index contributed by atoms with van der Waals surface area (Å²) in [6.07, 6.45) is 0. The van der Waals surface area contributed by atoms with Gasteiger partial charge in [-0.2, -0.15) is 0 Å². The lowest BCUT2D eigenvalue weighted by molar-refractivity contribution is -0.385. The third kappa shape index (κ3) is 3.40. The molecule has 0 aliphatic heterocycles. The van der Waals surface area contributed by atoms with E-state index in [1.165, 1.54) is 6.07 Å². The number of nitrogens with zero attached hydrogens (tertiary/aromatic N) is 1. The number of hydrogen-bond acceptors (Lipinski definition) is 4. The molecule has 2 aromatic carbocycles. The van der Waals surface area contributed by atoms with Crippen molar-refractivity contribution >= 4 is 21.6 Å². The number of benzene rings is 2. The number of aryl methyl sites for hydroxylation is 2. The van der Waals surface area contributed by atoms with Crippen LogP contribution in [0.25, 0.3) is 0 Å². The van der Waals surface area contributed by atoms with Gasteiger partial charge in [0.1, 0.15) is 11.5 Å². The molecular formula is C15H14BrNO4. The highest BCUT2D eigenvalue weighted by molar-refractivity contribution is 9.10. The zero-order valence-corrected chi connectivity index (χ0v) is 13.2.